The first-order valence-electron chi connectivity index (χ1n) is 8.51. The quantitative estimate of drug-likeness (QED) is 0.462. The molecular weight excluding hydrogens is 367 g/mol. The number of imide groups is 1. The van der Waals surface area contributed by atoms with E-state index in [2.05, 4.69) is 0 Å². The lowest BCUT2D eigenvalue weighted by Gasteiger charge is -2.31. The number of nitrogens with zero attached hydrogens (tertiary/aromatic N) is 1. The van der Waals surface area contributed by atoms with E-state index in [1.807, 2.05) is 0 Å². The van der Waals surface area contributed by atoms with E-state index in [0.717, 1.165) is 4.90 Å². The highest BCUT2D eigenvalue weighted by Gasteiger charge is 2.61. The van der Waals surface area contributed by atoms with Crippen LogP contribution < -0.4 is 11.2 Å². The van der Waals surface area contributed by atoms with E-state index in [0.29, 0.717) is 11.1 Å². The second-order valence-electron chi connectivity index (χ2n) is 6.58. The Labute approximate surface area is 157 Å². The second-order valence-corrected chi connectivity index (χ2v) is 9.37. The predicted octanol–water partition coefficient (Wildman–Crippen LogP) is 2.39. The normalized spacial score (nSPS) is 22.1. The van der Waals surface area contributed by atoms with Crippen LogP contribution in [0, 0.1) is 0 Å². The number of aromatic hydroxyl groups is 1. The predicted molar refractivity (Wildman–Crippen MR) is 101 cm³/mol. The standard InChI is InChI=1S/C19H21N2O5P/c1-3-21-17(23)12-19(2,18(21)24)27(25,26-20)16-11-7-5-9-14(16)13-8-4-6-10-15(13)22/h4-11,22H,3,12,20H2,1-2H3. The van der Waals surface area contributed by atoms with Gasteiger partial charge in [0.2, 0.25) is 11.8 Å². The maximum absolute atomic E-state index is 14.0. The van der Waals surface area contributed by atoms with Crippen molar-refractivity contribution in [2.45, 2.75) is 25.4 Å². The number of benzene rings is 2. The van der Waals surface area contributed by atoms with Crippen molar-refractivity contribution < 1.29 is 23.9 Å². The zero-order valence-corrected chi connectivity index (χ0v) is 16.0. The average Bonchev–Trinajstić information content (AvgIpc) is 2.90. The molecule has 3 rings (SSSR count). The fourth-order valence-corrected chi connectivity index (χ4v) is 5.91. The number of carbonyl (C=O) groups excluding carboxylic acids is 2. The highest BCUT2D eigenvalue weighted by molar-refractivity contribution is 7.69. The number of phenols is 1. The number of hydrogen-bond acceptors (Lipinski definition) is 6. The highest BCUT2D eigenvalue weighted by atomic mass is 31.2. The van der Waals surface area contributed by atoms with Crippen LogP contribution in [0.4, 0.5) is 0 Å². The molecular formula is C19H21N2O5P. The second kappa shape index (κ2) is 6.93. The highest BCUT2D eigenvalue weighted by Crippen LogP contribution is 2.62. The third kappa shape index (κ3) is 2.79. The third-order valence-corrected chi connectivity index (χ3v) is 8.00. The lowest BCUT2D eigenvalue weighted by molar-refractivity contribution is -0.138. The lowest BCUT2D eigenvalue weighted by atomic mass is 10.0. The van der Waals surface area contributed by atoms with Crippen molar-refractivity contribution in [2.75, 3.05) is 6.54 Å². The molecule has 2 unspecified atom stereocenters. The summed E-state index contributed by atoms with van der Waals surface area (Å²) in [5, 5.41) is 8.81. The summed E-state index contributed by atoms with van der Waals surface area (Å²) in [5.74, 6) is 4.48. The Kier molecular flexibility index (Phi) is 4.95. The Morgan fingerprint density at radius 2 is 1.74 bits per heavy atom. The molecule has 1 saturated heterocycles. The summed E-state index contributed by atoms with van der Waals surface area (Å²) in [6.07, 6.45) is -0.261. The Morgan fingerprint density at radius 1 is 1.15 bits per heavy atom. The van der Waals surface area contributed by atoms with Crippen LogP contribution in [-0.2, 0) is 18.8 Å². The Balaban J connectivity index is 2.23. The number of nitrogens with two attached hydrogens (primary N) is 1. The van der Waals surface area contributed by atoms with Crippen molar-refractivity contribution in [3.8, 4) is 16.9 Å². The van der Waals surface area contributed by atoms with Crippen LogP contribution in [0.5, 0.6) is 5.75 Å². The molecule has 27 heavy (non-hydrogen) atoms. The van der Waals surface area contributed by atoms with Crippen molar-refractivity contribution in [2.24, 2.45) is 5.90 Å². The third-order valence-electron chi connectivity index (χ3n) is 5.03. The summed E-state index contributed by atoms with van der Waals surface area (Å²) >= 11 is 0. The minimum Gasteiger partial charge on any atom is -0.507 e. The minimum absolute atomic E-state index is 0.0114. The molecule has 0 radical (unpaired) electrons. The Hall–Kier alpha value is -2.47. The van der Waals surface area contributed by atoms with Crippen molar-refractivity contribution in [3.05, 3.63) is 48.5 Å². The minimum atomic E-state index is -4.02. The molecule has 1 heterocycles. The van der Waals surface area contributed by atoms with E-state index in [4.69, 9.17) is 10.5 Å². The topological polar surface area (TPSA) is 110 Å². The zero-order valence-electron chi connectivity index (χ0n) is 15.1. The Morgan fingerprint density at radius 3 is 2.30 bits per heavy atom. The summed E-state index contributed by atoms with van der Waals surface area (Å²) in [6.45, 7) is 3.29. The number of amides is 2. The van der Waals surface area contributed by atoms with E-state index < -0.39 is 24.3 Å². The van der Waals surface area contributed by atoms with Crippen LogP contribution in [0.2, 0.25) is 0 Å². The van der Waals surface area contributed by atoms with Crippen LogP contribution in [0.1, 0.15) is 20.3 Å². The van der Waals surface area contributed by atoms with Gasteiger partial charge in [0.15, 0.2) is 0 Å². The average molecular weight is 388 g/mol. The zero-order chi connectivity index (χ0) is 19.8. The smallest absolute Gasteiger partial charge is 0.264 e. The lowest BCUT2D eigenvalue weighted by Crippen LogP contribution is -2.41. The molecule has 8 heteroatoms. The molecule has 1 fully saturated rings. The van der Waals surface area contributed by atoms with Gasteiger partial charge in [-0.2, -0.15) is 0 Å². The largest absolute Gasteiger partial charge is 0.507 e. The number of rotatable bonds is 5. The van der Waals surface area contributed by atoms with Gasteiger partial charge >= 0.3 is 0 Å². The van der Waals surface area contributed by atoms with Crippen LogP contribution in [0.3, 0.4) is 0 Å². The summed E-state index contributed by atoms with van der Waals surface area (Å²) in [4.78, 5) is 26.3. The molecule has 2 atom stereocenters. The van der Waals surface area contributed by atoms with Gasteiger partial charge in [0.1, 0.15) is 10.9 Å². The monoisotopic (exact) mass is 388 g/mol. The molecule has 0 bridgehead atoms. The molecule has 1 aliphatic rings. The number of para-hydroxylation sites is 1. The molecule has 7 nitrogen and oxygen atoms in total. The first kappa shape index (κ1) is 19.3. The van der Waals surface area contributed by atoms with Gasteiger partial charge in [0.25, 0.3) is 7.37 Å². The van der Waals surface area contributed by atoms with Crippen LogP contribution in [0.15, 0.2) is 48.5 Å². The molecule has 2 aromatic carbocycles. The van der Waals surface area contributed by atoms with Gasteiger partial charge in [0, 0.05) is 17.4 Å². The maximum atomic E-state index is 14.0. The molecule has 2 aromatic rings. The van der Waals surface area contributed by atoms with E-state index in [1.165, 1.54) is 13.0 Å². The first-order valence-corrected chi connectivity index (χ1v) is 10.1. The van der Waals surface area contributed by atoms with Gasteiger partial charge < -0.3 is 5.11 Å². The summed E-state index contributed by atoms with van der Waals surface area (Å²) in [7, 11) is -4.02. The first-order chi connectivity index (χ1) is 12.8. The van der Waals surface area contributed by atoms with E-state index in [1.54, 1.807) is 49.4 Å². The number of likely N-dealkylation sites (tertiary alicyclic amines) is 1. The maximum Gasteiger partial charge on any atom is 0.264 e. The van der Waals surface area contributed by atoms with Gasteiger partial charge in [-0.3, -0.25) is 19.1 Å². The number of carbonyl (C=O) groups is 2. The Bertz CT molecular complexity index is 961. The molecule has 142 valence electrons. The SMILES string of the molecule is CCN1C(=O)CC(C)(P(=O)(ON)c2ccccc2-c2ccccc2O)C1=O. The van der Waals surface area contributed by atoms with Gasteiger partial charge in [-0.05, 0) is 31.5 Å². The van der Waals surface area contributed by atoms with E-state index in [-0.39, 0.29) is 24.0 Å². The van der Waals surface area contributed by atoms with Gasteiger partial charge in [-0.1, -0.05) is 36.4 Å². The van der Waals surface area contributed by atoms with Crippen LogP contribution >= 0.6 is 7.37 Å². The molecule has 3 N–H and O–H groups in total. The van der Waals surface area contributed by atoms with Gasteiger partial charge in [-0.25, -0.2) is 10.5 Å². The van der Waals surface area contributed by atoms with Gasteiger partial charge in [0.05, 0.1) is 6.42 Å². The van der Waals surface area contributed by atoms with Crippen LogP contribution in [0.25, 0.3) is 11.1 Å². The molecule has 2 amide bonds. The van der Waals surface area contributed by atoms with Crippen molar-refractivity contribution >= 4 is 24.5 Å². The van der Waals surface area contributed by atoms with E-state index in [9.17, 15) is 19.3 Å². The fourth-order valence-electron chi connectivity index (χ4n) is 3.52. The number of hydrogen-bond donors (Lipinski definition) is 2. The van der Waals surface area contributed by atoms with E-state index >= 15 is 0 Å². The summed E-state index contributed by atoms with van der Waals surface area (Å²) in [6, 6.07) is 13.1. The molecule has 0 aliphatic carbocycles. The molecule has 0 saturated carbocycles. The summed E-state index contributed by atoms with van der Waals surface area (Å²) < 4.78 is 19.0. The molecule has 1 aliphatic heterocycles. The number of phenolic OH excluding ortho intramolecular Hbond substituents is 1. The van der Waals surface area contributed by atoms with Crippen molar-refractivity contribution in [1.29, 1.82) is 0 Å². The fraction of sp³-hybridized carbons (Fsp3) is 0.263. The van der Waals surface area contributed by atoms with Crippen LogP contribution in [-0.4, -0.2) is 33.5 Å². The summed E-state index contributed by atoms with van der Waals surface area (Å²) in [5.41, 5.74) is 0.860. The molecule has 0 spiro atoms. The van der Waals surface area contributed by atoms with Gasteiger partial charge in [-0.15, -0.1) is 0 Å². The molecule has 0 aromatic heterocycles. The van der Waals surface area contributed by atoms with Crippen molar-refractivity contribution in [1.82, 2.24) is 4.90 Å². The van der Waals surface area contributed by atoms with Crippen molar-refractivity contribution in [3.63, 3.8) is 0 Å².